The van der Waals surface area contributed by atoms with Gasteiger partial charge in [0.05, 0.1) is 30.3 Å². The average Bonchev–Trinajstić information content (AvgIpc) is 3.10. The van der Waals surface area contributed by atoms with Gasteiger partial charge in [0.25, 0.3) is 11.8 Å². The SMILES string of the molecule is COc1cc(NC(=O)c2cc3c(s2)CCC(C(C)(C)C)C3)c(C(N)=O)cc1OC. The number of benzene rings is 1. The molecule has 156 valence electrons. The van der Waals surface area contributed by atoms with Crippen LogP contribution >= 0.6 is 11.3 Å². The van der Waals surface area contributed by atoms with E-state index >= 15 is 0 Å². The first-order valence-corrected chi connectivity index (χ1v) is 10.4. The van der Waals surface area contributed by atoms with Crippen molar-refractivity contribution in [3.05, 3.63) is 39.1 Å². The van der Waals surface area contributed by atoms with Crippen LogP contribution in [0.2, 0.25) is 0 Å². The molecule has 7 heteroatoms. The van der Waals surface area contributed by atoms with Crippen LogP contribution in [0.15, 0.2) is 18.2 Å². The van der Waals surface area contributed by atoms with Gasteiger partial charge in [-0.2, -0.15) is 0 Å². The third kappa shape index (κ3) is 4.40. The molecule has 29 heavy (non-hydrogen) atoms. The molecule has 0 saturated carbocycles. The van der Waals surface area contributed by atoms with Crippen molar-refractivity contribution in [2.24, 2.45) is 17.1 Å². The van der Waals surface area contributed by atoms with Crippen LogP contribution in [-0.4, -0.2) is 26.0 Å². The Hall–Kier alpha value is -2.54. The second kappa shape index (κ2) is 8.06. The van der Waals surface area contributed by atoms with Gasteiger partial charge in [-0.25, -0.2) is 0 Å². The average molecular weight is 417 g/mol. The smallest absolute Gasteiger partial charge is 0.265 e. The van der Waals surface area contributed by atoms with Gasteiger partial charge in [-0.1, -0.05) is 20.8 Å². The van der Waals surface area contributed by atoms with Crippen molar-refractivity contribution in [3.63, 3.8) is 0 Å². The fraction of sp³-hybridized carbons (Fsp3) is 0.455. The van der Waals surface area contributed by atoms with E-state index in [0.717, 1.165) is 19.3 Å². The summed E-state index contributed by atoms with van der Waals surface area (Å²) in [6, 6.07) is 5.02. The number of hydrogen-bond donors (Lipinski definition) is 2. The zero-order valence-electron chi connectivity index (χ0n) is 17.5. The van der Waals surface area contributed by atoms with Crippen LogP contribution in [0.25, 0.3) is 0 Å². The Labute approximate surface area is 175 Å². The minimum atomic E-state index is -0.653. The Morgan fingerprint density at radius 3 is 2.38 bits per heavy atom. The standard InChI is InChI=1S/C22H28N2O4S/c1-22(2,3)13-6-7-18-12(8-13)9-19(29-18)21(26)24-15-11-17(28-5)16(27-4)10-14(15)20(23)25/h9-11,13H,6-8H2,1-5H3,(H2,23,25)(H,24,26). The zero-order valence-corrected chi connectivity index (χ0v) is 18.4. The number of hydrogen-bond acceptors (Lipinski definition) is 5. The van der Waals surface area contributed by atoms with E-state index < -0.39 is 5.91 Å². The highest BCUT2D eigenvalue weighted by Gasteiger charge is 2.30. The first kappa shape index (κ1) is 21.2. The van der Waals surface area contributed by atoms with Crippen molar-refractivity contribution < 1.29 is 19.1 Å². The lowest BCUT2D eigenvalue weighted by atomic mass is 9.72. The fourth-order valence-electron chi connectivity index (χ4n) is 3.74. The van der Waals surface area contributed by atoms with Crippen molar-refractivity contribution in [3.8, 4) is 11.5 Å². The maximum Gasteiger partial charge on any atom is 0.265 e. The van der Waals surface area contributed by atoms with Gasteiger partial charge in [-0.3, -0.25) is 9.59 Å². The summed E-state index contributed by atoms with van der Waals surface area (Å²) in [6.07, 6.45) is 3.13. The summed E-state index contributed by atoms with van der Waals surface area (Å²) in [5, 5.41) is 2.82. The lowest BCUT2D eigenvalue weighted by Gasteiger charge is -2.33. The van der Waals surface area contributed by atoms with Gasteiger partial charge >= 0.3 is 0 Å². The van der Waals surface area contributed by atoms with E-state index in [9.17, 15) is 9.59 Å². The fourth-order valence-corrected chi connectivity index (χ4v) is 4.85. The summed E-state index contributed by atoms with van der Waals surface area (Å²) in [5.74, 6) is 0.476. The van der Waals surface area contributed by atoms with Gasteiger partial charge < -0.3 is 20.5 Å². The third-order valence-electron chi connectivity index (χ3n) is 5.57. The molecule has 1 unspecified atom stereocenters. The Morgan fingerprint density at radius 1 is 1.14 bits per heavy atom. The predicted octanol–water partition coefficient (Wildman–Crippen LogP) is 4.27. The number of aryl methyl sites for hydroxylation is 1. The van der Waals surface area contributed by atoms with Crippen LogP contribution in [-0.2, 0) is 12.8 Å². The van der Waals surface area contributed by atoms with Crippen molar-refractivity contribution in [2.75, 3.05) is 19.5 Å². The molecule has 1 aliphatic rings. The number of methoxy groups -OCH3 is 2. The topological polar surface area (TPSA) is 90.6 Å². The number of fused-ring (bicyclic) bond motifs is 1. The highest BCUT2D eigenvalue weighted by molar-refractivity contribution is 7.14. The molecule has 2 amide bonds. The third-order valence-corrected chi connectivity index (χ3v) is 6.80. The van der Waals surface area contributed by atoms with Crippen LogP contribution < -0.4 is 20.5 Å². The van der Waals surface area contributed by atoms with Gasteiger partial charge in [0.15, 0.2) is 11.5 Å². The molecule has 3 N–H and O–H groups in total. The Bertz CT molecular complexity index is 943. The Morgan fingerprint density at radius 2 is 1.79 bits per heavy atom. The molecule has 0 aliphatic heterocycles. The zero-order chi connectivity index (χ0) is 21.3. The summed E-state index contributed by atoms with van der Waals surface area (Å²) in [7, 11) is 2.97. The highest BCUT2D eigenvalue weighted by Crippen LogP contribution is 2.40. The second-order valence-corrected chi connectivity index (χ2v) is 9.57. The molecule has 1 aromatic carbocycles. The number of carbonyl (C=O) groups is 2. The molecule has 3 rings (SSSR count). The first-order valence-electron chi connectivity index (χ1n) is 9.62. The summed E-state index contributed by atoms with van der Waals surface area (Å²) in [5.41, 5.74) is 7.48. The number of primary amides is 1. The number of carbonyl (C=O) groups excluding carboxylic acids is 2. The molecule has 1 aromatic heterocycles. The van der Waals surface area contributed by atoms with E-state index in [4.69, 9.17) is 15.2 Å². The molecule has 0 fully saturated rings. The van der Waals surface area contributed by atoms with E-state index in [0.29, 0.717) is 28.0 Å². The van der Waals surface area contributed by atoms with Gasteiger partial charge in [-0.15, -0.1) is 11.3 Å². The molecule has 0 bridgehead atoms. The number of amides is 2. The molecular formula is C22H28N2O4S. The molecule has 0 saturated heterocycles. The first-order chi connectivity index (χ1) is 13.6. The minimum Gasteiger partial charge on any atom is -0.493 e. The highest BCUT2D eigenvalue weighted by atomic mass is 32.1. The van der Waals surface area contributed by atoms with E-state index in [1.165, 1.54) is 42.1 Å². The Kier molecular flexibility index (Phi) is 5.89. The Balaban J connectivity index is 1.87. The number of thiophene rings is 1. The molecule has 0 radical (unpaired) electrons. The van der Waals surface area contributed by atoms with Crippen LogP contribution in [0.4, 0.5) is 5.69 Å². The van der Waals surface area contributed by atoms with Crippen LogP contribution in [0.5, 0.6) is 11.5 Å². The number of rotatable bonds is 5. The van der Waals surface area contributed by atoms with E-state index in [-0.39, 0.29) is 16.9 Å². The largest absolute Gasteiger partial charge is 0.493 e. The van der Waals surface area contributed by atoms with Crippen LogP contribution in [0, 0.1) is 11.3 Å². The van der Waals surface area contributed by atoms with Crippen molar-refractivity contribution in [1.29, 1.82) is 0 Å². The van der Waals surface area contributed by atoms with Gasteiger partial charge in [-0.05, 0) is 48.3 Å². The van der Waals surface area contributed by atoms with Crippen LogP contribution in [0.1, 0.15) is 57.7 Å². The van der Waals surface area contributed by atoms with Gasteiger partial charge in [0, 0.05) is 10.9 Å². The summed E-state index contributed by atoms with van der Waals surface area (Å²) in [4.78, 5) is 26.7. The monoisotopic (exact) mass is 416 g/mol. The maximum atomic E-state index is 12.9. The molecule has 1 heterocycles. The lowest BCUT2D eigenvalue weighted by Crippen LogP contribution is -2.26. The van der Waals surface area contributed by atoms with Gasteiger partial charge in [0.1, 0.15) is 0 Å². The van der Waals surface area contributed by atoms with E-state index in [2.05, 4.69) is 26.1 Å². The predicted molar refractivity (Wildman–Crippen MR) is 115 cm³/mol. The van der Waals surface area contributed by atoms with Crippen LogP contribution in [0.3, 0.4) is 0 Å². The summed E-state index contributed by atoms with van der Waals surface area (Å²) in [6.45, 7) is 6.81. The van der Waals surface area contributed by atoms with Crippen molar-refractivity contribution >= 4 is 28.8 Å². The molecule has 6 nitrogen and oxygen atoms in total. The molecule has 1 aliphatic carbocycles. The lowest BCUT2D eigenvalue weighted by molar-refractivity contribution is 0.100. The molecule has 2 aromatic rings. The summed E-state index contributed by atoms with van der Waals surface area (Å²) >= 11 is 1.52. The number of ether oxygens (including phenoxy) is 2. The second-order valence-electron chi connectivity index (χ2n) is 8.44. The van der Waals surface area contributed by atoms with Gasteiger partial charge in [0.2, 0.25) is 0 Å². The minimum absolute atomic E-state index is 0.171. The van der Waals surface area contributed by atoms with Crippen molar-refractivity contribution in [1.82, 2.24) is 0 Å². The number of nitrogens with one attached hydrogen (secondary N) is 1. The van der Waals surface area contributed by atoms with Crippen molar-refractivity contribution in [2.45, 2.75) is 40.0 Å². The normalized spacial score (nSPS) is 16.1. The summed E-state index contributed by atoms with van der Waals surface area (Å²) < 4.78 is 10.5. The van der Waals surface area contributed by atoms with E-state index in [1.807, 2.05) is 6.07 Å². The molecule has 1 atom stereocenters. The number of nitrogens with two attached hydrogens (primary N) is 1. The number of anilines is 1. The quantitative estimate of drug-likeness (QED) is 0.762. The maximum absolute atomic E-state index is 12.9. The molecular weight excluding hydrogens is 388 g/mol. The van der Waals surface area contributed by atoms with E-state index in [1.54, 1.807) is 6.07 Å². The molecule has 0 spiro atoms.